The maximum absolute atomic E-state index is 10.7. The van der Waals surface area contributed by atoms with Gasteiger partial charge in [0, 0.05) is 19.2 Å². The van der Waals surface area contributed by atoms with Gasteiger partial charge in [0.15, 0.2) is 0 Å². The van der Waals surface area contributed by atoms with Crippen molar-refractivity contribution in [3.05, 3.63) is 11.9 Å². The minimum Gasteiger partial charge on any atom is -0.300 e. The normalized spacial score (nSPS) is 10.7. The SMILES string of the molecule is CC(=O)CCCCCCCCn1cc(C)nn1. The Hall–Kier alpha value is -1.19. The summed E-state index contributed by atoms with van der Waals surface area (Å²) in [7, 11) is 0. The number of nitrogens with zero attached hydrogens (tertiary/aromatic N) is 3. The number of carbonyl (C=O) groups excluding carboxylic acids is 1. The van der Waals surface area contributed by atoms with Gasteiger partial charge >= 0.3 is 0 Å². The smallest absolute Gasteiger partial charge is 0.129 e. The third-order valence-corrected chi connectivity index (χ3v) is 2.82. The first-order chi connectivity index (χ1) is 8.18. The average molecular weight is 237 g/mol. The van der Waals surface area contributed by atoms with Crippen LogP contribution >= 0.6 is 0 Å². The summed E-state index contributed by atoms with van der Waals surface area (Å²) in [6.45, 7) is 4.59. The van der Waals surface area contributed by atoms with Gasteiger partial charge in [-0.05, 0) is 26.7 Å². The van der Waals surface area contributed by atoms with Crippen LogP contribution in [0.4, 0.5) is 0 Å². The third-order valence-electron chi connectivity index (χ3n) is 2.82. The number of aryl methyl sites for hydroxylation is 2. The second-order valence-corrected chi connectivity index (χ2v) is 4.70. The highest BCUT2D eigenvalue weighted by Crippen LogP contribution is 2.08. The van der Waals surface area contributed by atoms with E-state index >= 15 is 0 Å². The van der Waals surface area contributed by atoms with Gasteiger partial charge in [-0.1, -0.05) is 30.9 Å². The quantitative estimate of drug-likeness (QED) is 0.620. The Kier molecular flexibility index (Phi) is 6.51. The van der Waals surface area contributed by atoms with Gasteiger partial charge in [-0.25, -0.2) is 0 Å². The first kappa shape index (κ1) is 13.9. The zero-order valence-corrected chi connectivity index (χ0v) is 11.0. The number of Topliss-reactive ketones (excluding diaryl/α,β-unsaturated/α-hetero) is 1. The Morgan fingerprint density at radius 2 is 1.82 bits per heavy atom. The van der Waals surface area contributed by atoms with Crippen molar-refractivity contribution in [2.75, 3.05) is 0 Å². The van der Waals surface area contributed by atoms with E-state index in [0.717, 1.165) is 31.5 Å². The zero-order chi connectivity index (χ0) is 12.5. The molecule has 0 atom stereocenters. The minimum atomic E-state index is 0.312. The van der Waals surface area contributed by atoms with E-state index in [1.165, 1.54) is 25.7 Å². The second kappa shape index (κ2) is 7.98. The van der Waals surface area contributed by atoms with E-state index in [9.17, 15) is 4.79 Å². The summed E-state index contributed by atoms with van der Waals surface area (Å²) >= 11 is 0. The molecule has 0 bridgehead atoms. The number of aromatic nitrogens is 3. The zero-order valence-electron chi connectivity index (χ0n) is 11.0. The molecule has 0 aliphatic heterocycles. The highest BCUT2D eigenvalue weighted by Gasteiger charge is 1.97. The largest absolute Gasteiger partial charge is 0.300 e. The molecule has 1 heterocycles. The molecule has 0 N–H and O–H groups in total. The standard InChI is InChI=1S/C13H23N3O/c1-12-11-16(15-14-12)10-8-6-4-3-5-7-9-13(2)17/h11H,3-10H2,1-2H3. The van der Waals surface area contributed by atoms with E-state index in [2.05, 4.69) is 10.3 Å². The summed E-state index contributed by atoms with van der Waals surface area (Å²) in [5.41, 5.74) is 0.981. The van der Waals surface area contributed by atoms with Crippen molar-refractivity contribution in [2.45, 2.75) is 65.3 Å². The van der Waals surface area contributed by atoms with E-state index in [4.69, 9.17) is 0 Å². The molecule has 0 aliphatic carbocycles. The van der Waals surface area contributed by atoms with Crippen LogP contribution < -0.4 is 0 Å². The Labute approximate surface area is 103 Å². The fourth-order valence-electron chi connectivity index (χ4n) is 1.86. The first-order valence-electron chi connectivity index (χ1n) is 6.54. The van der Waals surface area contributed by atoms with Gasteiger partial charge in [0.1, 0.15) is 5.78 Å². The Bertz CT molecular complexity index is 333. The molecule has 1 rings (SSSR count). The fraction of sp³-hybridized carbons (Fsp3) is 0.769. The summed E-state index contributed by atoms with van der Waals surface area (Å²) < 4.78 is 1.91. The van der Waals surface area contributed by atoms with E-state index < -0.39 is 0 Å². The fourth-order valence-corrected chi connectivity index (χ4v) is 1.86. The van der Waals surface area contributed by atoms with E-state index in [0.29, 0.717) is 5.78 Å². The number of rotatable bonds is 9. The van der Waals surface area contributed by atoms with Crippen LogP contribution in [0.25, 0.3) is 0 Å². The highest BCUT2D eigenvalue weighted by molar-refractivity contribution is 5.75. The molecule has 0 fully saturated rings. The van der Waals surface area contributed by atoms with Crippen molar-refractivity contribution in [3.63, 3.8) is 0 Å². The molecule has 17 heavy (non-hydrogen) atoms. The summed E-state index contributed by atoms with van der Waals surface area (Å²) in [6.07, 6.45) is 9.86. The lowest BCUT2D eigenvalue weighted by atomic mass is 10.1. The van der Waals surface area contributed by atoms with Gasteiger partial charge in [0.25, 0.3) is 0 Å². The lowest BCUT2D eigenvalue weighted by molar-refractivity contribution is -0.117. The molecule has 4 nitrogen and oxygen atoms in total. The topological polar surface area (TPSA) is 47.8 Å². The summed E-state index contributed by atoms with van der Waals surface area (Å²) in [4.78, 5) is 10.7. The van der Waals surface area contributed by atoms with Crippen molar-refractivity contribution >= 4 is 5.78 Å². The monoisotopic (exact) mass is 237 g/mol. The van der Waals surface area contributed by atoms with Crippen molar-refractivity contribution < 1.29 is 4.79 Å². The van der Waals surface area contributed by atoms with Gasteiger partial charge in [-0.3, -0.25) is 4.68 Å². The molecule has 0 spiro atoms. The Morgan fingerprint density at radius 3 is 2.41 bits per heavy atom. The molecule has 0 saturated heterocycles. The number of hydrogen-bond acceptors (Lipinski definition) is 3. The third kappa shape index (κ3) is 6.87. The number of hydrogen-bond donors (Lipinski definition) is 0. The maximum Gasteiger partial charge on any atom is 0.129 e. The van der Waals surface area contributed by atoms with Crippen LogP contribution in [0, 0.1) is 6.92 Å². The molecule has 0 radical (unpaired) electrons. The molecular weight excluding hydrogens is 214 g/mol. The lowest BCUT2D eigenvalue weighted by Gasteiger charge is -2.01. The average Bonchev–Trinajstić information content (AvgIpc) is 2.68. The predicted octanol–water partition coefficient (Wildman–Crippen LogP) is 2.91. The van der Waals surface area contributed by atoms with E-state index in [1.807, 2.05) is 17.8 Å². The maximum atomic E-state index is 10.7. The summed E-state index contributed by atoms with van der Waals surface area (Å²) in [5, 5.41) is 7.97. The van der Waals surface area contributed by atoms with Crippen LogP contribution in [0.3, 0.4) is 0 Å². The number of unbranched alkanes of at least 4 members (excludes halogenated alkanes) is 5. The van der Waals surface area contributed by atoms with Crippen LogP contribution in [0.5, 0.6) is 0 Å². The molecule has 4 heteroatoms. The van der Waals surface area contributed by atoms with E-state index in [-0.39, 0.29) is 0 Å². The molecule has 0 amide bonds. The van der Waals surface area contributed by atoms with Crippen LogP contribution in [0.15, 0.2) is 6.20 Å². The van der Waals surface area contributed by atoms with Crippen LogP contribution in [-0.2, 0) is 11.3 Å². The van der Waals surface area contributed by atoms with Gasteiger partial charge in [0.05, 0.1) is 5.69 Å². The molecule has 0 aliphatic rings. The van der Waals surface area contributed by atoms with Crippen LogP contribution in [0.2, 0.25) is 0 Å². The van der Waals surface area contributed by atoms with Crippen LogP contribution in [-0.4, -0.2) is 20.8 Å². The molecule has 1 aromatic heterocycles. The van der Waals surface area contributed by atoms with Gasteiger partial charge in [-0.2, -0.15) is 0 Å². The summed E-state index contributed by atoms with van der Waals surface area (Å²) in [6, 6.07) is 0. The molecule has 0 unspecified atom stereocenters. The first-order valence-corrected chi connectivity index (χ1v) is 6.54. The Balaban J connectivity index is 1.89. The number of carbonyl (C=O) groups is 1. The molecular formula is C13H23N3O. The molecule has 0 aromatic carbocycles. The lowest BCUT2D eigenvalue weighted by Crippen LogP contribution is -1.98. The minimum absolute atomic E-state index is 0.312. The number of ketones is 1. The highest BCUT2D eigenvalue weighted by atomic mass is 16.1. The predicted molar refractivity (Wildman–Crippen MR) is 67.8 cm³/mol. The second-order valence-electron chi connectivity index (χ2n) is 4.70. The van der Waals surface area contributed by atoms with Crippen molar-refractivity contribution in [1.29, 1.82) is 0 Å². The molecule has 0 saturated carbocycles. The van der Waals surface area contributed by atoms with Crippen molar-refractivity contribution in [1.82, 2.24) is 15.0 Å². The van der Waals surface area contributed by atoms with Crippen molar-refractivity contribution in [3.8, 4) is 0 Å². The van der Waals surface area contributed by atoms with Gasteiger partial charge in [0.2, 0.25) is 0 Å². The van der Waals surface area contributed by atoms with Crippen LogP contribution in [0.1, 0.15) is 57.6 Å². The van der Waals surface area contributed by atoms with Gasteiger partial charge in [-0.15, -0.1) is 5.10 Å². The summed E-state index contributed by atoms with van der Waals surface area (Å²) in [5.74, 6) is 0.312. The van der Waals surface area contributed by atoms with Gasteiger partial charge < -0.3 is 4.79 Å². The molecule has 1 aromatic rings. The van der Waals surface area contributed by atoms with Crippen molar-refractivity contribution in [2.24, 2.45) is 0 Å². The van der Waals surface area contributed by atoms with E-state index in [1.54, 1.807) is 6.92 Å². The molecule has 96 valence electrons. The Morgan fingerprint density at radius 1 is 1.18 bits per heavy atom.